The Kier molecular flexibility index (Phi) is 7.88. The molecule has 0 radical (unpaired) electrons. The molecule has 0 atom stereocenters. The number of hydrogen-bond donors (Lipinski definition) is 2. The van der Waals surface area contributed by atoms with Gasteiger partial charge in [-0.3, -0.25) is 10.2 Å². The number of carbonyl (C=O) groups is 2. The summed E-state index contributed by atoms with van der Waals surface area (Å²) in [6, 6.07) is 9.83. The maximum Gasteiger partial charge on any atom is 0.336 e. The molecule has 0 saturated carbocycles. The monoisotopic (exact) mass is 318 g/mol. The molecule has 126 valence electrons. The van der Waals surface area contributed by atoms with Gasteiger partial charge in [0.2, 0.25) is 5.91 Å². The zero-order chi connectivity index (χ0) is 17.2. The molecule has 1 amide bonds. The van der Waals surface area contributed by atoms with Crippen molar-refractivity contribution in [2.75, 3.05) is 6.61 Å². The lowest BCUT2D eigenvalue weighted by molar-refractivity contribution is -0.139. The van der Waals surface area contributed by atoms with Crippen LogP contribution in [0.4, 0.5) is 0 Å². The van der Waals surface area contributed by atoms with E-state index >= 15 is 0 Å². The number of hydrogen-bond acceptors (Lipinski definition) is 4. The molecule has 0 aromatic heterocycles. The standard InChI is InChI=1S/C18H26N2O3/c1-5-23-18(22)17(13(2)3)14(4)19-20-16(21)12-11-15-9-7-6-8-10-15/h6-10,13,19H,5,11-12H2,1-4H3,(H,20,21). The van der Waals surface area contributed by atoms with Gasteiger partial charge in [-0.15, -0.1) is 0 Å². The average Bonchev–Trinajstić information content (AvgIpc) is 2.52. The first kappa shape index (κ1) is 18.7. The van der Waals surface area contributed by atoms with Crippen molar-refractivity contribution in [1.29, 1.82) is 0 Å². The first-order valence-corrected chi connectivity index (χ1v) is 7.92. The van der Waals surface area contributed by atoms with Crippen LogP contribution in [0.1, 0.15) is 39.7 Å². The predicted octanol–water partition coefficient (Wildman–Crippen LogP) is 2.73. The van der Waals surface area contributed by atoms with E-state index in [0.29, 0.717) is 30.7 Å². The molecule has 0 heterocycles. The fourth-order valence-corrected chi connectivity index (χ4v) is 2.23. The van der Waals surface area contributed by atoms with Crippen molar-refractivity contribution in [2.24, 2.45) is 5.92 Å². The van der Waals surface area contributed by atoms with Crippen LogP contribution in [0, 0.1) is 5.92 Å². The Hall–Kier alpha value is -2.30. The van der Waals surface area contributed by atoms with Crippen LogP contribution in [0.2, 0.25) is 0 Å². The smallest absolute Gasteiger partial charge is 0.336 e. The Labute approximate surface area is 138 Å². The molecule has 0 aliphatic rings. The topological polar surface area (TPSA) is 67.4 Å². The van der Waals surface area contributed by atoms with E-state index in [0.717, 1.165) is 5.56 Å². The van der Waals surface area contributed by atoms with Crippen molar-refractivity contribution in [1.82, 2.24) is 10.9 Å². The van der Waals surface area contributed by atoms with Gasteiger partial charge in [-0.25, -0.2) is 4.79 Å². The highest BCUT2D eigenvalue weighted by Gasteiger charge is 2.18. The molecule has 0 aliphatic heterocycles. The van der Waals surface area contributed by atoms with E-state index in [2.05, 4.69) is 10.9 Å². The van der Waals surface area contributed by atoms with Gasteiger partial charge in [-0.2, -0.15) is 0 Å². The first-order valence-electron chi connectivity index (χ1n) is 7.92. The second kappa shape index (κ2) is 9.66. The number of amides is 1. The molecule has 23 heavy (non-hydrogen) atoms. The zero-order valence-electron chi connectivity index (χ0n) is 14.3. The minimum atomic E-state index is -0.356. The molecule has 1 aromatic carbocycles. The Morgan fingerprint density at radius 3 is 2.35 bits per heavy atom. The molecule has 0 spiro atoms. The average molecular weight is 318 g/mol. The highest BCUT2D eigenvalue weighted by atomic mass is 16.5. The third kappa shape index (κ3) is 6.55. The molecule has 1 aromatic rings. The SMILES string of the molecule is CCOC(=O)C(=C(C)NNC(=O)CCc1ccccc1)C(C)C. The van der Waals surface area contributed by atoms with Gasteiger partial charge in [0.05, 0.1) is 12.2 Å². The number of nitrogens with one attached hydrogen (secondary N) is 2. The highest BCUT2D eigenvalue weighted by molar-refractivity contribution is 5.89. The maximum absolute atomic E-state index is 11.9. The van der Waals surface area contributed by atoms with Gasteiger partial charge in [0, 0.05) is 12.1 Å². The van der Waals surface area contributed by atoms with E-state index in [1.165, 1.54) is 0 Å². The van der Waals surface area contributed by atoms with Crippen LogP contribution in [-0.2, 0) is 20.7 Å². The third-order valence-electron chi connectivity index (χ3n) is 3.35. The van der Waals surface area contributed by atoms with Crippen LogP contribution in [0.3, 0.4) is 0 Å². The third-order valence-corrected chi connectivity index (χ3v) is 3.35. The lowest BCUT2D eigenvalue weighted by Gasteiger charge is -2.16. The van der Waals surface area contributed by atoms with E-state index in [1.807, 2.05) is 44.2 Å². The Balaban J connectivity index is 2.54. The quantitative estimate of drug-likeness (QED) is 0.439. The van der Waals surface area contributed by atoms with Crippen molar-refractivity contribution in [3.8, 4) is 0 Å². The number of esters is 1. The molecule has 5 heteroatoms. The molecule has 1 rings (SSSR count). The summed E-state index contributed by atoms with van der Waals surface area (Å²) in [4.78, 5) is 23.8. The van der Waals surface area contributed by atoms with E-state index in [9.17, 15) is 9.59 Å². The lowest BCUT2D eigenvalue weighted by atomic mass is 10.0. The van der Waals surface area contributed by atoms with Crippen molar-refractivity contribution in [2.45, 2.75) is 40.5 Å². The summed E-state index contributed by atoms with van der Waals surface area (Å²) in [5, 5.41) is 0. The zero-order valence-corrected chi connectivity index (χ0v) is 14.3. The molecular formula is C18H26N2O3. The van der Waals surface area contributed by atoms with Crippen molar-refractivity contribution < 1.29 is 14.3 Å². The minimum absolute atomic E-state index is 0.00257. The number of benzene rings is 1. The van der Waals surface area contributed by atoms with E-state index in [4.69, 9.17) is 4.74 Å². The van der Waals surface area contributed by atoms with Gasteiger partial charge >= 0.3 is 5.97 Å². The summed E-state index contributed by atoms with van der Waals surface area (Å²) in [5.41, 5.74) is 7.70. The minimum Gasteiger partial charge on any atom is -0.463 e. The summed E-state index contributed by atoms with van der Waals surface area (Å²) in [5.74, 6) is -0.478. The second-order valence-corrected chi connectivity index (χ2v) is 5.57. The van der Waals surface area contributed by atoms with Crippen molar-refractivity contribution in [3.63, 3.8) is 0 Å². The summed E-state index contributed by atoms with van der Waals surface area (Å²) in [6.07, 6.45) is 1.05. The van der Waals surface area contributed by atoms with Crippen molar-refractivity contribution in [3.05, 3.63) is 47.2 Å². The van der Waals surface area contributed by atoms with Crippen molar-refractivity contribution >= 4 is 11.9 Å². The molecule has 0 bridgehead atoms. The lowest BCUT2D eigenvalue weighted by Crippen LogP contribution is -2.37. The van der Waals surface area contributed by atoms with Gasteiger partial charge in [-0.1, -0.05) is 44.2 Å². The number of ether oxygens (including phenoxy) is 1. The van der Waals surface area contributed by atoms with Gasteiger partial charge in [-0.05, 0) is 31.7 Å². The number of rotatable bonds is 8. The molecule has 0 fully saturated rings. The molecule has 0 unspecified atom stereocenters. The fourth-order valence-electron chi connectivity index (χ4n) is 2.23. The van der Waals surface area contributed by atoms with E-state index in [1.54, 1.807) is 13.8 Å². The number of hydrazine groups is 1. The molecule has 0 aliphatic carbocycles. The van der Waals surface area contributed by atoms with Gasteiger partial charge in [0.25, 0.3) is 0 Å². The van der Waals surface area contributed by atoms with Gasteiger partial charge < -0.3 is 10.2 Å². The van der Waals surface area contributed by atoms with Crippen LogP contribution < -0.4 is 10.9 Å². The Morgan fingerprint density at radius 2 is 1.78 bits per heavy atom. The Morgan fingerprint density at radius 1 is 1.13 bits per heavy atom. The van der Waals surface area contributed by atoms with Crippen LogP contribution in [0.25, 0.3) is 0 Å². The summed E-state index contributed by atoms with van der Waals surface area (Å²) >= 11 is 0. The first-order chi connectivity index (χ1) is 11.0. The molecule has 2 N–H and O–H groups in total. The number of carbonyl (C=O) groups excluding carboxylic acids is 2. The molecule has 5 nitrogen and oxygen atoms in total. The second-order valence-electron chi connectivity index (χ2n) is 5.57. The number of allylic oxidation sites excluding steroid dienone is 1. The number of aryl methyl sites for hydroxylation is 1. The summed E-state index contributed by atoms with van der Waals surface area (Å²) < 4.78 is 5.05. The highest BCUT2D eigenvalue weighted by Crippen LogP contribution is 2.15. The summed E-state index contributed by atoms with van der Waals surface area (Å²) in [7, 11) is 0. The maximum atomic E-state index is 11.9. The van der Waals surface area contributed by atoms with Crippen LogP contribution in [0.5, 0.6) is 0 Å². The molecule has 0 saturated heterocycles. The van der Waals surface area contributed by atoms with Gasteiger partial charge in [0.1, 0.15) is 0 Å². The predicted molar refractivity (Wildman–Crippen MR) is 90.2 cm³/mol. The van der Waals surface area contributed by atoms with E-state index < -0.39 is 0 Å². The normalized spacial score (nSPS) is 11.7. The Bertz CT molecular complexity index is 551. The van der Waals surface area contributed by atoms with Gasteiger partial charge in [0.15, 0.2) is 0 Å². The summed E-state index contributed by atoms with van der Waals surface area (Å²) in [6.45, 7) is 7.67. The van der Waals surface area contributed by atoms with Crippen LogP contribution in [0.15, 0.2) is 41.6 Å². The van der Waals surface area contributed by atoms with Crippen LogP contribution >= 0.6 is 0 Å². The van der Waals surface area contributed by atoms with E-state index in [-0.39, 0.29) is 17.8 Å². The molecular weight excluding hydrogens is 292 g/mol. The fraction of sp³-hybridized carbons (Fsp3) is 0.444. The van der Waals surface area contributed by atoms with Crippen LogP contribution in [-0.4, -0.2) is 18.5 Å². The largest absolute Gasteiger partial charge is 0.463 e.